The monoisotopic (exact) mass is 465 g/mol. The summed E-state index contributed by atoms with van der Waals surface area (Å²) >= 11 is 0. The number of hydrogen-bond donors (Lipinski definition) is 1. The minimum atomic E-state index is -0.550. The van der Waals surface area contributed by atoms with E-state index in [1.165, 1.54) is 0 Å². The first-order valence-electron chi connectivity index (χ1n) is 11.9. The molecule has 0 bridgehead atoms. The third-order valence-electron chi connectivity index (χ3n) is 5.91. The number of rotatable bonds is 12. The van der Waals surface area contributed by atoms with Gasteiger partial charge in [0.15, 0.2) is 11.5 Å². The summed E-state index contributed by atoms with van der Waals surface area (Å²) in [5.41, 5.74) is 2.82. The second-order valence-electron chi connectivity index (χ2n) is 9.07. The average molecular weight is 466 g/mol. The van der Waals surface area contributed by atoms with Crippen molar-refractivity contribution < 1.29 is 19.3 Å². The molecule has 1 fully saturated rings. The van der Waals surface area contributed by atoms with Gasteiger partial charge in [0.1, 0.15) is 0 Å². The Hall–Kier alpha value is -2.87. The van der Waals surface area contributed by atoms with E-state index in [0.29, 0.717) is 43.1 Å². The number of para-hydroxylation sites is 3. The molecule has 7 nitrogen and oxygen atoms in total. The minimum Gasteiger partial charge on any atom is -0.493 e. The van der Waals surface area contributed by atoms with Crippen LogP contribution in [0.2, 0.25) is 0 Å². The number of aryl methyl sites for hydroxylation is 1. The third-order valence-corrected chi connectivity index (χ3v) is 5.91. The predicted octanol–water partition coefficient (Wildman–Crippen LogP) is 4.73. The lowest BCUT2D eigenvalue weighted by Crippen LogP contribution is -2.36. The van der Waals surface area contributed by atoms with Gasteiger partial charge in [0.05, 0.1) is 42.9 Å². The van der Waals surface area contributed by atoms with Crippen LogP contribution < -0.4 is 9.47 Å². The molecule has 2 aromatic carbocycles. The molecule has 0 radical (unpaired) electrons. The van der Waals surface area contributed by atoms with Crippen LogP contribution in [0.3, 0.4) is 0 Å². The first kappa shape index (κ1) is 24.3. The molecule has 1 heterocycles. The molecule has 0 aliphatic heterocycles. The molecule has 182 valence electrons. The van der Waals surface area contributed by atoms with E-state index in [-0.39, 0.29) is 6.10 Å². The van der Waals surface area contributed by atoms with E-state index in [9.17, 15) is 5.11 Å². The number of aliphatic hydroxyl groups excluding tert-OH is 1. The van der Waals surface area contributed by atoms with Gasteiger partial charge in [-0.3, -0.25) is 4.90 Å². The van der Waals surface area contributed by atoms with Gasteiger partial charge in [0.2, 0.25) is 5.88 Å². The molecular weight excluding hydrogens is 430 g/mol. The molecule has 4 rings (SSSR count). The fourth-order valence-corrected chi connectivity index (χ4v) is 3.99. The molecule has 1 aliphatic rings. The van der Waals surface area contributed by atoms with Crippen molar-refractivity contribution in [2.75, 3.05) is 20.3 Å². The van der Waals surface area contributed by atoms with Gasteiger partial charge in [-0.25, -0.2) is 4.68 Å². The van der Waals surface area contributed by atoms with Gasteiger partial charge >= 0.3 is 0 Å². The van der Waals surface area contributed by atoms with Crippen molar-refractivity contribution in [2.24, 2.45) is 0 Å². The Labute approximate surface area is 201 Å². The zero-order valence-corrected chi connectivity index (χ0v) is 20.5. The smallest absolute Gasteiger partial charge is 0.227 e. The van der Waals surface area contributed by atoms with E-state index in [2.05, 4.69) is 4.90 Å². The molecule has 0 saturated heterocycles. The van der Waals surface area contributed by atoms with E-state index in [4.69, 9.17) is 19.3 Å². The fourth-order valence-electron chi connectivity index (χ4n) is 3.99. The Morgan fingerprint density at radius 1 is 1.06 bits per heavy atom. The van der Waals surface area contributed by atoms with Gasteiger partial charge in [0, 0.05) is 19.1 Å². The van der Waals surface area contributed by atoms with E-state index in [0.717, 1.165) is 29.8 Å². The van der Waals surface area contributed by atoms with Crippen molar-refractivity contribution >= 4 is 0 Å². The molecule has 1 atom stereocenters. The van der Waals surface area contributed by atoms with Crippen LogP contribution in [0.5, 0.6) is 17.4 Å². The Morgan fingerprint density at radius 3 is 2.38 bits per heavy atom. The third kappa shape index (κ3) is 5.97. The lowest BCUT2D eigenvalue weighted by Gasteiger charge is -2.25. The standard InChI is InChI=1S/C27H35N3O4/c1-19(2)33-18-23(31)16-29(21-14-15-21)17-24-20(3)28-30(22-10-6-5-7-11-22)27(24)34-26-13-9-8-12-25(26)32-4/h5-13,19,21,23,31H,14-18H2,1-4H3. The molecule has 1 aromatic heterocycles. The van der Waals surface area contributed by atoms with Gasteiger partial charge in [-0.1, -0.05) is 30.3 Å². The van der Waals surface area contributed by atoms with Crippen molar-refractivity contribution in [2.45, 2.75) is 58.4 Å². The molecule has 1 N–H and O–H groups in total. The number of nitrogens with zero attached hydrogens (tertiary/aromatic N) is 3. The highest BCUT2D eigenvalue weighted by molar-refractivity contribution is 5.47. The topological polar surface area (TPSA) is 69.0 Å². The highest BCUT2D eigenvalue weighted by Crippen LogP contribution is 2.37. The maximum atomic E-state index is 10.6. The van der Waals surface area contributed by atoms with Crippen LogP contribution >= 0.6 is 0 Å². The van der Waals surface area contributed by atoms with Crippen molar-refractivity contribution in [3.05, 3.63) is 65.9 Å². The molecular formula is C27H35N3O4. The second-order valence-corrected chi connectivity index (χ2v) is 9.07. The van der Waals surface area contributed by atoms with Crippen LogP contribution in [0.25, 0.3) is 5.69 Å². The zero-order valence-electron chi connectivity index (χ0n) is 20.5. The number of hydrogen-bond acceptors (Lipinski definition) is 6. The van der Waals surface area contributed by atoms with E-state index < -0.39 is 6.10 Å². The van der Waals surface area contributed by atoms with Crippen LogP contribution in [-0.4, -0.2) is 58.3 Å². The van der Waals surface area contributed by atoms with Gasteiger partial charge < -0.3 is 19.3 Å². The van der Waals surface area contributed by atoms with Crippen LogP contribution in [0, 0.1) is 6.92 Å². The summed E-state index contributed by atoms with van der Waals surface area (Å²) in [7, 11) is 1.64. The van der Waals surface area contributed by atoms with Crippen LogP contribution in [0.15, 0.2) is 54.6 Å². The second kappa shape index (κ2) is 11.0. The summed E-state index contributed by atoms with van der Waals surface area (Å²) < 4.78 is 19.5. The Kier molecular flexibility index (Phi) is 7.88. The SMILES string of the molecule is COc1ccccc1Oc1c(CN(CC(O)COC(C)C)C2CC2)c(C)nn1-c1ccccc1. The lowest BCUT2D eigenvalue weighted by molar-refractivity contribution is -0.0107. The summed E-state index contributed by atoms with van der Waals surface area (Å²) in [5, 5.41) is 15.5. The molecule has 34 heavy (non-hydrogen) atoms. The number of aromatic nitrogens is 2. The van der Waals surface area contributed by atoms with E-state index in [1.807, 2.05) is 80.1 Å². The van der Waals surface area contributed by atoms with Crippen molar-refractivity contribution in [1.29, 1.82) is 0 Å². The highest BCUT2D eigenvalue weighted by atomic mass is 16.5. The quantitative estimate of drug-likeness (QED) is 0.417. The van der Waals surface area contributed by atoms with Gasteiger partial charge in [-0.05, 0) is 57.9 Å². The molecule has 1 aliphatic carbocycles. The number of benzene rings is 2. The first-order chi connectivity index (χ1) is 16.5. The average Bonchev–Trinajstić information content (AvgIpc) is 3.64. The normalized spacial score (nSPS) is 14.6. The van der Waals surface area contributed by atoms with Gasteiger partial charge in [0.25, 0.3) is 0 Å². The Balaban J connectivity index is 1.66. The summed E-state index contributed by atoms with van der Waals surface area (Å²) in [5.74, 6) is 1.95. The molecule has 0 amide bonds. The first-order valence-corrected chi connectivity index (χ1v) is 11.9. The minimum absolute atomic E-state index is 0.0937. The molecule has 0 spiro atoms. The van der Waals surface area contributed by atoms with Crippen molar-refractivity contribution in [3.63, 3.8) is 0 Å². The molecule has 7 heteroatoms. The van der Waals surface area contributed by atoms with Crippen LogP contribution in [-0.2, 0) is 11.3 Å². The van der Waals surface area contributed by atoms with Gasteiger partial charge in [-0.15, -0.1) is 0 Å². The predicted molar refractivity (Wildman–Crippen MR) is 132 cm³/mol. The molecule has 1 unspecified atom stereocenters. The summed E-state index contributed by atoms with van der Waals surface area (Å²) in [6.45, 7) is 7.47. The summed E-state index contributed by atoms with van der Waals surface area (Å²) in [4.78, 5) is 2.32. The van der Waals surface area contributed by atoms with Gasteiger partial charge in [-0.2, -0.15) is 5.10 Å². The van der Waals surface area contributed by atoms with Crippen LogP contribution in [0.1, 0.15) is 37.9 Å². The zero-order chi connectivity index (χ0) is 24.1. The van der Waals surface area contributed by atoms with Crippen molar-refractivity contribution in [1.82, 2.24) is 14.7 Å². The lowest BCUT2D eigenvalue weighted by atomic mass is 10.2. The number of methoxy groups -OCH3 is 1. The van der Waals surface area contributed by atoms with Crippen LogP contribution in [0.4, 0.5) is 0 Å². The molecule has 1 saturated carbocycles. The summed E-state index contributed by atoms with van der Waals surface area (Å²) in [6, 6.07) is 18.0. The van der Waals surface area contributed by atoms with Crippen molar-refractivity contribution in [3.8, 4) is 23.1 Å². The number of ether oxygens (including phenoxy) is 3. The maximum Gasteiger partial charge on any atom is 0.227 e. The molecule has 3 aromatic rings. The largest absolute Gasteiger partial charge is 0.493 e. The fraction of sp³-hybridized carbons (Fsp3) is 0.444. The number of aliphatic hydroxyl groups is 1. The highest BCUT2D eigenvalue weighted by Gasteiger charge is 2.33. The van der Waals surface area contributed by atoms with E-state index in [1.54, 1.807) is 7.11 Å². The summed E-state index contributed by atoms with van der Waals surface area (Å²) in [6.07, 6.45) is 1.81. The Morgan fingerprint density at radius 2 is 1.74 bits per heavy atom. The van der Waals surface area contributed by atoms with E-state index >= 15 is 0 Å². The maximum absolute atomic E-state index is 10.6. The Bertz CT molecular complexity index is 1060.